The van der Waals surface area contributed by atoms with Crippen LogP contribution in [0.2, 0.25) is 0 Å². The van der Waals surface area contributed by atoms with Crippen LogP contribution >= 0.6 is 11.8 Å². The highest BCUT2D eigenvalue weighted by Crippen LogP contribution is 2.36. The first-order valence-corrected chi connectivity index (χ1v) is 9.83. The fraction of sp³-hybridized carbons (Fsp3) is 0.400. The van der Waals surface area contributed by atoms with E-state index in [0.29, 0.717) is 18.0 Å². The van der Waals surface area contributed by atoms with Crippen LogP contribution in [0.1, 0.15) is 17.5 Å². The van der Waals surface area contributed by atoms with Crippen LogP contribution < -0.4 is 14.2 Å². The number of methoxy groups -OCH3 is 3. The molecule has 0 bridgehead atoms. The van der Waals surface area contributed by atoms with Gasteiger partial charge in [0.2, 0.25) is 0 Å². The van der Waals surface area contributed by atoms with E-state index in [0.717, 1.165) is 47.3 Å². The third kappa shape index (κ3) is 4.86. The van der Waals surface area contributed by atoms with Crippen LogP contribution in [-0.2, 0) is 13.1 Å². The molecule has 0 atom stereocenters. The molecule has 1 aliphatic heterocycles. The van der Waals surface area contributed by atoms with Gasteiger partial charge in [0, 0.05) is 49.4 Å². The molecular formula is C20H25N3O3S. The summed E-state index contributed by atoms with van der Waals surface area (Å²) in [5, 5.41) is 1.06. The molecule has 0 amide bonds. The van der Waals surface area contributed by atoms with Crippen LogP contribution in [-0.4, -0.2) is 48.7 Å². The molecule has 1 aromatic carbocycles. The molecule has 6 nitrogen and oxygen atoms in total. The van der Waals surface area contributed by atoms with Crippen molar-refractivity contribution in [3.63, 3.8) is 0 Å². The average molecular weight is 388 g/mol. The fourth-order valence-electron chi connectivity index (χ4n) is 2.96. The molecule has 0 radical (unpaired) electrons. The Morgan fingerprint density at radius 2 is 1.81 bits per heavy atom. The average Bonchev–Trinajstić information content (AvgIpc) is 2.74. The lowest BCUT2D eigenvalue weighted by atomic mass is 10.1. The smallest absolute Gasteiger partial charge is 0.164 e. The highest BCUT2D eigenvalue weighted by Gasteiger charge is 2.19. The van der Waals surface area contributed by atoms with Gasteiger partial charge in [-0.1, -0.05) is 17.8 Å². The van der Waals surface area contributed by atoms with E-state index in [-0.39, 0.29) is 0 Å². The standard InChI is InChI=1S/C20H25N3O3S/c1-24-17-11-19(26-3)18(25-2)10-16(17)14-23(20-22-8-5-9-27-20)13-15-6-4-7-21-12-15/h4,6-7,10-12H,5,8-9,13-14H2,1-3H3. The summed E-state index contributed by atoms with van der Waals surface area (Å²) in [5.41, 5.74) is 2.17. The van der Waals surface area contributed by atoms with E-state index in [1.54, 1.807) is 39.3 Å². The third-order valence-corrected chi connectivity index (χ3v) is 5.43. The maximum absolute atomic E-state index is 5.60. The summed E-state index contributed by atoms with van der Waals surface area (Å²) in [4.78, 5) is 11.2. The van der Waals surface area contributed by atoms with Gasteiger partial charge in [-0.15, -0.1) is 0 Å². The lowest BCUT2D eigenvalue weighted by molar-refractivity contribution is 0.341. The monoisotopic (exact) mass is 387 g/mol. The zero-order valence-electron chi connectivity index (χ0n) is 16.0. The van der Waals surface area contributed by atoms with Gasteiger partial charge in [0.25, 0.3) is 0 Å². The minimum absolute atomic E-state index is 0.654. The number of benzene rings is 1. The summed E-state index contributed by atoms with van der Waals surface area (Å²) >= 11 is 1.80. The molecule has 144 valence electrons. The summed E-state index contributed by atoms with van der Waals surface area (Å²) in [6.45, 7) is 2.26. The predicted octanol–water partition coefficient (Wildman–Crippen LogP) is 3.60. The first-order valence-electron chi connectivity index (χ1n) is 8.85. The predicted molar refractivity (Wildman–Crippen MR) is 109 cm³/mol. The van der Waals surface area contributed by atoms with Crippen LogP contribution in [0, 0.1) is 0 Å². The Morgan fingerprint density at radius 3 is 2.44 bits per heavy atom. The van der Waals surface area contributed by atoms with E-state index in [2.05, 4.69) is 16.0 Å². The Morgan fingerprint density at radius 1 is 1.04 bits per heavy atom. The summed E-state index contributed by atoms with van der Waals surface area (Å²) < 4.78 is 16.5. The van der Waals surface area contributed by atoms with Gasteiger partial charge in [-0.25, -0.2) is 0 Å². The van der Waals surface area contributed by atoms with Gasteiger partial charge in [0.15, 0.2) is 16.7 Å². The van der Waals surface area contributed by atoms with Crippen LogP contribution in [0.25, 0.3) is 0 Å². The number of aliphatic imine (C=N–C) groups is 1. The number of hydrogen-bond acceptors (Lipinski definition) is 7. The van der Waals surface area contributed by atoms with Crippen molar-refractivity contribution >= 4 is 16.9 Å². The molecule has 3 rings (SSSR count). The van der Waals surface area contributed by atoms with Gasteiger partial charge in [-0.3, -0.25) is 9.98 Å². The van der Waals surface area contributed by atoms with Crippen LogP contribution in [0.15, 0.2) is 41.7 Å². The topological polar surface area (TPSA) is 56.2 Å². The molecule has 1 aliphatic rings. The molecule has 0 unspecified atom stereocenters. The van der Waals surface area contributed by atoms with E-state index in [1.807, 2.05) is 24.4 Å². The highest BCUT2D eigenvalue weighted by atomic mass is 32.2. The molecule has 0 fully saturated rings. The number of pyridine rings is 1. The van der Waals surface area contributed by atoms with Crippen molar-refractivity contribution in [1.29, 1.82) is 0 Å². The molecule has 0 aliphatic carbocycles. The van der Waals surface area contributed by atoms with Crippen molar-refractivity contribution in [3.05, 3.63) is 47.8 Å². The van der Waals surface area contributed by atoms with Gasteiger partial charge in [-0.05, 0) is 24.1 Å². The zero-order chi connectivity index (χ0) is 19.1. The van der Waals surface area contributed by atoms with Gasteiger partial charge in [-0.2, -0.15) is 0 Å². The Kier molecular flexibility index (Phi) is 6.81. The van der Waals surface area contributed by atoms with E-state index >= 15 is 0 Å². The Bertz CT molecular complexity index is 784. The minimum Gasteiger partial charge on any atom is -0.496 e. The van der Waals surface area contributed by atoms with Crippen LogP contribution in [0.4, 0.5) is 0 Å². The SMILES string of the molecule is COc1cc(OC)c(OC)cc1CN(Cc1cccnc1)C1=NCCCS1. The van der Waals surface area contributed by atoms with E-state index in [1.165, 1.54) is 0 Å². The molecule has 2 aromatic rings. The van der Waals surface area contributed by atoms with Gasteiger partial charge < -0.3 is 19.1 Å². The largest absolute Gasteiger partial charge is 0.496 e. The maximum Gasteiger partial charge on any atom is 0.164 e. The molecule has 0 spiro atoms. The normalized spacial score (nSPS) is 13.7. The zero-order valence-corrected chi connectivity index (χ0v) is 16.8. The number of rotatable bonds is 7. The Balaban J connectivity index is 1.92. The van der Waals surface area contributed by atoms with Gasteiger partial charge in [0.05, 0.1) is 21.3 Å². The van der Waals surface area contributed by atoms with Gasteiger partial charge in [0.1, 0.15) is 5.75 Å². The number of thioether (sulfide) groups is 1. The molecule has 7 heteroatoms. The quantitative estimate of drug-likeness (QED) is 0.724. The summed E-state index contributed by atoms with van der Waals surface area (Å²) in [7, 11) is 4.94. The maximum atomic E-state index is 5.60. The summed E-state index contributed by atoms with van der Waals surface area (Å²) in [5.74, 6) is 3.20. The molecule has 2 heterocycles. The van der Waals surface area contributed by atoms with Crippen molar-refractivity contribution < 1.29 is 14.2 Å². The molecule has 0 N–H and O–H groups in total. The first-order chi connectivity index (χ1) is 13.2. The minimum atomic E-state index is 0.654. The summed E-state index contributed by atoms with van der Waals surface area (Å²) in [6.07, 6.45) is 4.81. The Labute approximate surface area is 164 Å². The number of nitrogens with zero attached hydrogens (tertiary/aromatic N) is 3. The molecular weight excluding hydrogens is 362 g/mol. The summed E-state index contributed by atoms with van der Waals surface area (Å²) in [6, 6.07) is 7.88. The van der Waals surface area contributed by atoms with Crippen molar-refractivity contribution in [2.75, 3.05) is 33.6 Å². The number of amidine groups is 1. The number of hydrogen-bond donors (Lipinski definition) is 0. The lowest BCUT2D eigenvalue weighted by Crippen LogP contribution is -2.30. The first kappa shape index (κ1) is 19.4. The molecule has 0 saturated heterocycles. The number of ether oxygens (including phenoxy) is 3. The van der Waals surface area contributed by atoms with Crippen molar-refractivity contribution in [1.82, 2.24) is 9.88 Å². The van der Waals surface area contributed by atoms with E-state index in [9.17, 15) is 0 Å². The fourth-order valence-corrected chi connectivity index (χ4v) is 3.91. The van der Waals surface area contributed by atoms with Crippen LogP contribution in [0.3, 0.4) is 0 Å². The van der Waals surface area contributed by atoms with E-state index in [4.69, 9.17) is 19.2 Å². The number of aromatic nitrogens is 1. The molecule has 27 heavy (non-hydrogen) atoms. The highest BCUT2D eigenvalue weighted by molar-refractivity contribution is 8.13. The van der Waals surface area contributed by atoms with E-state index < -0.39 is 0 Å². The Hall–Kier alpha value is -2.41. The second-order valence-corrected chi connectivity index (χ2v) is 7.16. The lowest BCUT2D eigenvalue weighted by Gasteiger charge is -2.28. The van der Waals surface area contributed by atoms with Crippen molar-refractivity contribution in [3.8, 4) is 17.2 Å². The second kappa shape index (κ2) is 9.50. The molecule has 0 saturated carbocycles. The molecule has 1 aromatic heterocycles. The van der Waals surface area contributed by atoms with Crippen molar-refractivity contribution in [2.24, 2.45) is 4.99 Å². The van der Waals surface area contributed by atoms with Crippen LogP contribution in [0.5, 0.6) is 17.2 Å². The third-order valence-electron chi connectivity index (χ3n) is 4.30. The second-order valence-electron chi connectivity index (χ2n) is 6.10. The van der Waals surface area contributed by atoms with Gasteiger partial charge >= 0.3 is 0 Å². The van der Waals surface area contributed by atoms with Crippen molar-refractivity contribution in [2.45, 2.75) is 19.5 Å².